The van der Waals surface area contributed by atoms with Gasteiger partial charge in [0, 0.05) is 31.7 Å². The van der Waals surface area contributed by atoms with Crippen LogP contribution in [0.2, 0.25) is 0 Å². The van der Waals surface area contributed by atoms with E-state index in [1.807, 2.05) is 20.8 Å². The number of carbonyl (C=O) groups is 1. The van der Waals surface area contributed by atoms with Crippen molar-refractivity contribution >= 4 is 6.09 Å². The summed E-state index contributed by atoms with van der Waals surface area (Å²) >= 11 is 0. The van der Waals surface area contributed by atoms with Crippen molar-refractivity contribution in [1.82, 2.24) is 14.8 Å². The Bertz CT molecular complexity index is 751. The Morgan fingerprint density at radius 3 is 2.55 bits per heavy atom. The zero-order chi connectivity index (χ0) is 21.4. The number of hydrogen-bond acceptors (Lipinski definition) is 6. The molecule has 0 N–H and O–H groups in total. The summed E-state index contributed by atoms with van der Waals surface area (Å²) in [4.78, 5) is 19.7. The SMILES string of the molecule is COc1nc(C(F)(F)F)ccc1[C@@H]1CN2CCN(C(=O)OC(C)(C)C)C[C@H]2CO1. The number of carbonyl (C=O) groups excluding carboxylic acids is 1. The van der Waals surface area contributed by atoms with E-state index in [0.29, 0.717) is 38.3 Å². The van der Waals surface area contributed by atoms with Crippen molar-refractivity contribution in [3.05, 3.63) is 23.4 Å². The molecule has 2 atom stereocenters. The highest BCUT2D eigenvalue weighted by Gasteiger charge is 2.39. The Balaban J connectivity index is 1.67. The van der Waals surface area contributed by atoms with Gasteiger partial charge in [-0.1, -0.05) is 0 Å². The van der Waals surface area contributed by atoms with Gasteiger partial charge in [0.1, 0.15) is 17.4 Å². The molecule has 0 saturated carbocycles. The van der Waals surface area contributed by atoms with Gasteiger partial charge in [0.25, 0.3) is 0 Å². The first-order valence-corrected chi connectivity index (χ1v) is 9.43. The number of methoxy groups -OCH3 is 1. The molecule has 2 aliphatic rings. The third-order valence-corrected chi connectivity index (χ3v) is 4.87. The predicted octanol–water partition coefficient (Wildman–Crippen LogP) is 3.10. The van der Waals surface area contributed by atoms with Gasteiger partial charge in [-0.2, -0.15) is 13.2 Å². The number of hydrogen-bond donors (Lipinski definition) is 0. The van der Waals surface area contributed by atoms with E-state index >= 15 is 0 Å². The van der Waals surface area contributed by atoms with Gasteiger partial charge in [0.05, 0.1) is 19.8 Å². The van der Waals surface area contributed by atoms with Crippen molar-refractivity contribution in [2.75, 3.05) is 39.9 Å². The molecular weight excluding hydrogens is 391 g/mol. The van der Waals surface area contributed by atoms with Crippen molar-refractivity contribution in [2.45, 2.75) is 44.7 Å². The van der Waals surface area contributed by atoms with Crippen LogP contribution in [-0.2, 0) is 15.7 Å². The lowest BCUT2D eigenvalue weighted by atomic mass is 10.0. The van der Waals surface area contributed by atoms with E-state index in [9.17, 15) is 18.0 Å². The van der Waals surface area contributed by atoms with Crippen molar-refractivity contribution in [3.63, 3.8) is 0 Å². The number of pyridine rings is 1. The van der Waals surface area contributed by atoms with Gasteiger partial charge in [-0.3, -0.25) is 4.90 Å². The quantitative estimate of drug-likeness (QED) is 0.737. The van der Waals surface area contributed by atoms with Crippen LogP contribution in [0.4, 0.5) is 18.0 Å². The molecule has 3 rings (SSSR count). The number of halogens is 3. The number of ether oxygens (including phenoxy) is 3. The van der Waals surface area contributed by atoms with Gasteiger partial charge >= 0.3 is 12.3 Å². The van der Waals surface area contributed by atoms with Crippen molar-refractivity contribution < 1.29 is 32.2 Å². The summed E-state index contributed by atoms with van der Waals surface area (Å²) in [6, 6.07) is 2.30. The van der Waals surface area contributed by atoms with Crippen molar-refractivity contribution in [1.29, 1.82) is 0 Å². The van der Waals surface area contributed by atoms with Gasteiger partial charge in [-0.05, 0) is 32.9 Å². The van der Waals surface area contributed by atoms with Gasteiger partial charge in [-0.25, -0.2) is 9.78 Å². The summed E-state index contributed by atoms with van der Waals surface area (Å²) < 4.78 is 55.1. The van der Waals surface area contributed by atoms with Gasteiger partial charge in [-0.15, -0.1) is 0 Å². The van der Waals surface area contributed by atoms with Crippen LogP contribution >= 0.6 is 0 Å². The predicted molar refractivity (Wildman–Crippen MR) is 97.7 cm³/mol. The van der Waals surface area contributed by atoms with E-state index in [0.717, 1.165) is 6.07 Å². The second-order valence-electron chi connectivity index (χ2n) is 8.19. The molecule has 1 aromatic heterocycles. The number of rotatable bonds is 2. The van der Waals surface area contributed by atoms with Crippen LogP contribution in [0.5, 0.6) is 5.88 Å². The Labute approximate surface area is 167 Å². The molecule has 1 amide bonds. The fourth-order valence-corrected chi connectivity index (χ4v) is 3.48. The average molecular weight is 417 g/mol. The zero-order valence-electron chi connectivity index (χ0n) is 17.0. The number of nitrogens with zero attached hydrogens (tertiary/aromatic N) is 3. The second-order valence-corrected chi connectivity index (χ2v) is 8.19. The lowest BCUT2D eigenvalue weighted by molar-refractivity contribution is -0.141. The molecular formula is C19H26F3N3O4. The van der Waals surface area contributed by atoms with E-state index in [1.54, 1.807) is 4.90 Å². The van der Waals surface area contributed by atoms with E-state index in [2.05, 4.69) is 9.88 Å². The van der Waals surface area contributed by atoms with Gasteiger partial charge < -0.3 is 19.1 Å². The van der Waals surface area contributed by atoms with Gasteiger partial charge in [0.2, 0.25) is 5.88 Å². The highest BCUT2D eigenvalue weighted by molar-refractivity contribution is 5.68. The molecule has 3 heterocycles. The Morgan fingerprint density at radius 2 is 1.93 bits per heavy atom. The lowest BCUT2D eigenvalue weighted by Gasteiger charge is -2.46. The molecule has 0 bridgehead atoms. The third-order valence-electron chi connectivity index (χ3n) is 4.87. The minimum atomic E-state index is -4.54. The molecule has 0 spiro atoms. The van der Waals surface area contributed by atoms with Gasteiger partial charge in [0.15, 0.2) is 0 Å². The molecule has 0 radical (unpaired) electrons. The minimum Gasteiger partial charge on any atom is -0.481 e. The normalized spacial score (nSPS) is 23.5. The molecule has 2 fully saturated rings. The number of piperazine rings is 1. The van der Waals surface area contributed by atoms with Crippen molar-refractivity contribution in [3.8, 4) is 5.88 Å². The number of amides is 1. The maximum Gasteiger partial charge on any atom is 0.433 e. The molecule has 29 heavy (non-hydrogen) atoms. The van der Waals surface area contributed by atoms with E-state index in [-0.39, 0.29) is 18.0 Å². The first-order chi connectivity index (χ1) is 13.5. The van der Waals surface area contributed by atoms with Crippen LogP contribution in [0.3, 0.4) is 0 Å². The fourth-order valence-electron chi connectivity index (χ4n) is 3.48. The minimum absolute atomic E-state index is 0.000853. The highest BCUT2D eigenvalue weighted by atomic mass is 19.4. The molecule has 0 aliphatic carbocycles. The van der Waals surface area contributed by atoms with Crippen molar-refractivity contribution in [2.24, 2.45) is 0 Å². The molecule has 2 aliphatic heterocycles. The largest absolute Gasteiger partial charge is 0.481 e. The Kier molecular flexibility index (Phi) is 5.96. The number of fused-ring (bicyclic) bond motifs is 1. The maximum absolute atomic E-state index is 12.9. The molecule has 0 unspecified atom stereocenters. The summed E-state index contributed by atoms with van der Waals surface area (Å²) in [6.45, 7) is 7.90. The summed E-state index contributed by atoms with van der Waals surface area (Å²) in [5.74, 6) is -0.0873. The third kappa shape index (κ3) is 5.11. The average Bonchev–Trinajstić information content (AvgIpc) is 2.64. The number of alkyl halides is 3. The van der Waals surface area contributed by atoms with E-state index in [4.69, 9.17) is 14.2 Å². The van der Waals surface area contributed by atoms with Crippen LogP contribution in [0.1, 0.15) is 38.1 Å². The standard InChI is InChI=1S/C19H26F3N3O4/c1-18(2,3)29-17(26)25-8-7-24-10-14(28-11-12(24)9-25)13-5-6-15(19(20,21)22)23-16(13)27-4/h5-6,12,14H,7-11H2,1-4H3/t12-,14-/m0/s1. The molecule has 10 heteroatoms. The Hall–Kier alpha value is -2.07. The number of morpholine rings is 1. The maximum atomic E-state index is 12.9. The summed E-state index contributed by atoms with van der Waals surface area (Å²) in [7, 11) is 1.29. The highest BCUT2D eigenvalue weighted by Crippen LogP contribution is 2.35. The van der Waals surface area contributed by atoms with Crippen LogP contribution in [0, 0.1) is 0 Å². The zero-order valence-corrected chi connectivity index (χ0v) is 17.0. The summed E-state index contributed by atoms with van der Waals surface area (Å²) in [5.41, 5.74) is -1.08. The van der Waals surface area contributed by atoms with Crippen LogP contribution < -0.4 is 4.74 Å². The number of aromatic nitrogens is 1. The molecule has 7 nitrogen and oxygen atoms in total. The lowest BCUT2D eigenvalue weighted by Crippen LogP contribution is -2.60. The first-order valence-electron chi connectivity index (χ1n) is 9.43. The molecule has 2 saturated heterocycles. The monoisotopic (exact) mass is 417 g/mol. The fraction of sp³-hybridized carbons (Fsp3) is 0.684. The first kappa shape index (κ1) is 21.6. The van der Waals surface area contributed by atoms with Crippen LogP contribution in [0.15, 0.2) is 12.1 Å². The second kappa shape index (κ2) is 7.98. The van der Waals surface area contributed by atoms with E-state index < -0.39 is 23.6 Å². The summed E-state index contributed by atoms with van der Waals surface area (Å²) in [5, 5.41) is 0. The molecule has 162 valence electrons. The van der Waals surface area contributed by atoms with E-state index in [1.165, 1.54) is 13.2 Å². The smallest absolute Gasteiger partial charge is 0.433 e. The van der Waals surface area contributed by atoms with Crippen LogP contribution in [0.25, 0.3) is 0 Å². The summed E-state index contributed by atoms with van der Waals surface area (Å²) in [6.07, 6.45) is -5.35. The molecule has 1 aromatic rings. The molecule has 0 aromatic carbocycles. The topological polar surface area (TPSA) is 64.1 Å². The Morgan fingerprint density at radius 1 is 1.21 bits per heavy atom. The van der Waals surface area contributed by atoms with Crippen LogP contribution in [-0.4, -0.2) is 72.4 Å².